The Bertz CT molecular complexity index is 412. The van der Waals surface area contributed by atoms with Gasteiger partial charge in [-0.15, -0.1) is 0 Å². The Morgan fingerprint density at radius 2 is 1.93 bits per heavy atom. The number of hydrogen-bond acceptors (Lipinski definition) is 3. The molecule has 0 amide bonds. The summed E-state index contributed by atoms with van der Waals surface area (Å²) in [7, 11) is -3.73. The van der Waals surface area contributed by atoms with Crippen LogP contribution < -0.4 is 5.14 Å². The van der Waals surface area contributed by atoms with Crippen molar-refractivity contribution >= 4 is 15.8 Å². The molecule has 2 saturated carbocycles. The zero-order valence-corrected chi connectivity index (χ0v) is 10.0. The molecule has 0 heterocycles. The number of hydrogen-bond donors (Lipinski definition) is 1. The van der Waals surface area contributed by atoms with Gasteiger partial charge in [-0.2, -0.15) is 0 Å². The summed E-state index contributed by atoms with van der Waals surface area (Å²) < 4.78 is 22.8. The van der Waals surface area contributed by atoms with Crippen LogP contribution in [-0.4, -0.2) is 19.5 Å². The number of sulfonamides is 1. The zero-order chi connectivity index (χ0) is 11.6. The van der Waals surface area contributed by atoms with Crippen LogP contribution in [0.1, 0.15) is 27.2 Å². The number of nitrogens with two attached hydrogens (primary N) is 1. The molecule has 0 radical (unpaired) electrons. The van der Waals surface area contributed by atoms with Gasteiger partial charge in [0.25, 0.3) is 0 Å². The highest BCUT2D eigenvalue weighted by Crippen LogP contribution is 2.58. The maximum absolute atomic E-state index is 11.9. The van der Waals surface area contributed by atoms with E-state index in [2.05, 4.69) is 0 Å². The second kappa shape index (κ2) is 2.83. The SMILES string of the molecule is C[C@H]1[C@H]2C[C@@H]([C@H](S(N)(=O)=O)C2=O)C1(C)C. The topological polar surface area (TPSA) is 77.2 Å². The van der Waals surface area contributed by atoms with Crippen LogP contribution in [0, 0.1) is 23.2 Å². The third-order valence-electron chi connectivity index (χ3n) is 4.61. The lowest BCUT2D eigenvalue weighted by Gasteiger charge is -2.38. The Balaban J connectivity index is 2.46. The number of primary sulfonamides is 1. The predicted octanol–water partition coefficient (Wildman–Crippen LogP) is 0.525. The van der Waals surface area contributed by atoms with Crippen LogP contribution in [0.2, 0.25) is 0 Å². The van der Waals surface area contributed by atoms with Gasteiger partial charge >= 0.3 is 0 Å². The van der Waals surface area contributed by atoms with Crippen LogP contribution in [0.25, 0.3) is 0 Å². The van der Waals surface area contributed by atoms with Crippen LogP contribution >= 0.6 is 0 Å². The molecule has 0 aromatic heterocycles. The van der Waals surface area contributed by atoms with E-state index in [1.54, 1.807) is 0 Å². The minimum atomic E-state index is -3.73. The highest BCUT2D eigenvalue weighted by molar-refractivity contribution is 7.90. The number of carbonyl (C=O) groups excluding carboxylic acids is 1. The summed E-state index contributed by atoms with van der Waals surface area (Å²) in [6, 6.07) is 0. The molecule has 2 aliphatic carbocycles. The highest BCUT2D eigenvalue weighted by atomic mass is 32.2. The van der Waals surface area contributed by atoms with Gasteiger partial charge in [0.1, 0.15) is 5.25 Å². The van der Waals surface area contributed by atoms with E-state index in [1.807, 2.05) is 20.8 Å². The Hall–Kier alpha value is -0.420. The fourth-order valence-electron chi connectivity index (χ4n) is 3.31. The number of fused-ring (bicyclic) bond motifs is 2. The summed E-state index contributed by atoms with van der Waals surface area (Å²) >= 11 is 0. The summed E-state index contributed by atoms with van der Waals surface area (Å²) in [5.74, 6) is -0.101. The summed E-state index contributed by atoms with van der Waals surface area (Å²) in [6.07, 6.45) is 0.689. The van der Waals surface area contributed by atoms with E-state index in [0.717, 1.165) is 0 Å². The molecule has 0 saturated heterocycles. The Morgan fingerprint density at radius 3 is 2.33 bits per heavy atom. The van der Waals surface area contributed by atoms with Crippen molar-refractivity contribution in [3.8, 4) is 0 Å². The van der Waals surface area contributed by atoms with Crippen molar-refractivity contribution in [1.82, 2.24) is 0 Å². The maximum atomic E-state index is 11.9. The van der Waals surface area contributed by atoms with Crippen LogP contribution in [0.5, 0.6) is 0 Å². The van der Waals surface area contributed by atoms with Crippen molar-refractivity contribution in [3.63, 3.8) is 0 Å². The average molecular weight is 231 g/mol. The van der Waals surface area contributed by atoms with Crippen molar-refractivity contribution in [1.29, 1.82) is 0 Å². The number of carbonyl (C=O) groups is 1. The molecule has 2 aliphatic rings. The number of ketones is 1. The van der Waals surface area contributed by atoms with Gasteiger partial charge < -0.3 is 0 Å². The first-order valence-corrected chi connectivity index (χ1v) is 6.83. The molecule has 4 atom stereocenters. The number of Topliss-reactive ketones (excluding diaryl/α,β-unsaturated/α-hetero) is 1. The van der Waals surface area contributed by atoms with Gasteiger partial charge in [0.15, 0.2) is 5.78 Å². The Morgan fingerprint density at radius 1 is 1.40 bits per heavy atom. The van der Waals surface area contributed by atoms with Crippen molar-refractivity contribution in [2.45, 2.75) is 32.4 Å². The smallest absolute Gasteiger partial charge is 0.219 e. The first-order valence-electron chi connectivity index (χ1n) is 5.22. The molecule has 15 heavy (non-hydrogen) atoms. The van der Waals surface area contributed by atoms with E-state index in [1.165, 1.54) is 0 Å². The van der Waals surface area contributed by atoms with E-state index in [0.29, 0.717) is 6.42 Å². The van der Waals surface area contributed by atoms with Gasteiger partial charge in [-0.25, -0.2) is 13.6 Å². The normalized spacial score (nSPS) is 43.6. The van der Waals surface area contributed by atoms with Crippen LogP contribution in [0.4, 0.5) is 0 Å². The van der Waals surface area contributed by atoms with Crippen LogP contribution in [0.3, 0.4) is 0 Å². The van der Waals surface area contributed by atoms with Crippen molar-refractivity contribution in [2.24, 2.45) is 28.3 Å². The molecule has 2 fully saturated rings. The molecule has 0 spiro atoms. The van der Waals surface area contributed by atoms with E-state index in [9.17, 15) is 13.2 Å². The molecule has 86 valence electrons. The minimum absolute atomic E-state index is 0.0972. The third-order valence-corrected chi connectivity index (χ3v) is 5.87. The van der Waals surface area contributed by atoms with E-state index in [-0.39, 0.29) is 29.0 Å². The number of rotatable bonds is 1. The summed E-state index contributed by atoms with van der Waals surface area (Å²) in [6.45, 7) is 6.10. The molecular formula is C10H17NO3S. The van der Waals surface area contributed by atoms with Crippen molar-refractivity contribution < 1.29 is 13.2 Å². The molecule has 5 heteroatoms. The lowest BCUT2D eigenvalue weighted by Crippen LogP contribution is -2.48. The largest absolute Gasteiger partial charge is 0.298 e. The molecule has 0 aliphatic heterocycles. The standard InChI is InChI=1S/C10H17NO3S/c1-5-6-4-7(10(5,2)3)9(8(6)12)15(11,13)14/h5-7,9H,4H2,1-3H3,(H2,11,13,14)/t5-,6+,7-,9-/m0/s1. The predicted molar refractivity (Wildman–Crippen MR) is 56.4 cm³/mol. The van der Waals surface area contributed by atoms with Crippen LogP contribution in [-0.2, 0) is 14.8 Å². The average Bonchev–Trinajstić information content (AvgIpc) is 2.48. The fraction of sp³-hybridized carbons (Fsp3) is 0.900. The monoisotopic (exact) mass is 231 g/mol. The lowest BCUT2D eigenvalue weighted by molar-refractivity contribution is -0.125. The van der Waals surface area contributed by atoms with E-state index >= 15 is 0 Å². The third kappa shape index (κ3) is 1.29. The van der Waals surface area contributed by atoms with Crippen molar-refractivity contribution in [3.05, 3.63) is 0 Å². The first-order chi connectivity index (χ1) is 6.67. The van der Waals surface area contributed by atoms with Gasteiger partial charge in [0.05, 0.1) is 0 Å². The fourth-order valence-corrected chi connectivity index (χ4v) is 4.73. The van der Waals surface area contributed by atoms with E-state index < -0.39 is 15.3 Å². The molecule has 0 aromatic rings. The molecule has 2 N–H and O–H groups in total. The summed E-state index contributed by atoms with van der Waals surface area (Å²) in [4.78, 5) is 11.9. The zero-order valence-electron chi connectivity index (χ0n) is 9.23. The van der Waals surface area contributed by atoms with Gasteiger partial charge in [-0.3, -0.25) is 4.79 Å². The molecule has 2 rings (SSSR count). The minimum Gasteiger partial charge on any atom is -0.298 e. The summed E-state index contributed by atoms with van der Waals surface area (Å²) in [5.41, 5.74) is -0.102. The first kappa shape index (κ1) is 11.1. The maximum Gasteiger partial charge on any atom is 0.219 e. The molecule has 4 nitrogen and oxygen atoms in total. The molecule has 2 bridgehead atoms. The van der Waals surface area contributed by atoms with Crippen LogP contribution in [0.15, 0.2) is 0 Å². The Labute approximate surface area is 90.3 Å². The molecular weight excluding hydrogens is 214 g/mol. The van der Waals surface area contributed by atoms with Crippen molar-refractivity contribution in [2.75, 3.05) is 0 Å². The quantitative estimate of drug-likeness (QED) is 0.715. The van der Waals surface area contributed by atoms with Gasteiger partial charge in [-0.1, -0.05) is 20.8 Å². The van der Waals surface area contributed by atoms with Gasteiger partial charge in [0.2, 0.25) is 10.0 Å². The lowest BCUT2D eigenvalue weighted by atomic mass is 9.69. The second-order valence-corrected chi connectivity index (χ2v) is 7.16. The highest BCUT2D eigenvalue weighted by Gasteiger charge is 2.63. The Kier molecular flexibility index (Phi) is 2.09. The second-order valence-electron chi connectivity index (χ2n) is 5.47. The van der Waals surface area contributed by atoms with Gasteiger partial charge in [-0.05, 0) is 23.7 Å². The summed E-state index contributed by atoms with van der Waals surface area (Å²) in [5, 5.41) is 4.19. The van der Waals surface area contributed by atoms with Gasteiger partial charge in [0, 0.05) is 5.92 Å². The molecule has 0 aromatic carbocycles. The molecule has 0 unspecified atom stereocenters. The van der Waals surface area contributed by atoms with E-state index in [4.69, 9.17) is 5.14 Å².